The molecule has 0 aromatic heterocycles. The van der Waals surface area contributed by atoms with E-state index < -0.39 is 0 Å². The summed E-state index contributed by atoms with van der Waals surface area (Å²) in [5, 5.41) is 9.53. The fraction of sp³-hybridized carbons (Fsp3) is 0.571. The van der Waals surface area contributed by atoms with Crippen LogP contribution in [0.3, 0.4) is 0 Å². The predicted octanol–water partition coefficient (Wildman–Crippen LogP) is 1.64. The molecule has 0 atom stereocenters. The summed E-state index contributed by atoms with van der Waals surface area (Å²) in [6.07, 6.45) is 5.17. The first kappa shape index (κ1) is 8.83. The van der Waals surface area contributed by atoms with Crippen molar-refractivity contribution in [3.05, 3.63) is 12.8 Å². The van der Waals surface area contributed by atoms with Crippen LogP contribution in [-0.2, 0) is 4.84 Å². The molecule has 3 nitrogen and oxygen atoms in total. The Kier molecular flexibility index (Phi) is 5.26. The van der Waals surface area contributed by atoms with Crippen molar-refractivity contribution < 1.29 is 4.84 Å². The molecule has 0 N–H and O–H groups in total. The van der Waals surface area contributed by atoms with Crippen LogP contribution in [0.25, 0.3) is 0 Å². The van der Waals surface area contributed by atoms with Gasteiger partial charge in [-0.1, -0.05) is 19.9 Å². The Bertz CT molecular complexity index is 128. The average molecular weight is 140 g/mol. The van der Waals surface area contributed by atoms with E-state index in [1.165, 1.54) is 11.3 Å². The highest BCUT2D eigenvalue weighted by Crippen LogP contribution is 1.94. The van der Waals surface area contributed by atoms with E-state index in [1.807, 2.05) is 0 Å². The number of hydroxylamine groups is 2. The van der Waals surface area contributed by atoms with Crippen LogP contribution in [0.2, 0.25) is 0 Å². The van der Waals surface area contributed by atoms with Crippen LogP contribution < -0.4 is 0 Å². The van der Waals surface area contributed by atoms with Crippen LogP contribution in [0.5, 0.6) is 0 Å². The number of nitriles is 1. The number of unbranched alkanes of at least 4 members (excludes halogenated alkanes) is 1. The summed E-state index contributed by atoms with van der Waals surface area (Å²) in [6.45, 7) is 6.29. The molecule has 0 aliphatic heterocycles. The van der Waals surface area contributed by atoms with Gasteiger partial charge in [0.1, 0.15) is 0 Å². The molecule has 0 amide bonds. The second-order valence-corrected chi connectivity index (χ2v) is 1.86. The molecule has 0 radical (unpaired) electrons. The van der Waals surface area contributed by atoms with Gasteiger partial charge in [-0.3, -0.25) is 4.84 Å². The van der Waals surface area contributed by atoms with Crippen molar-refractivity contribution in [2.75, 3.05) is 6.54 Å². The summed E-state index contributed by atoms with van der Waals surface area (Å²) in [6, 6.07) is 0. The molecule has 56 valence electrons. The second kappa shape index (κ2) is 5.96. The minimum atomic E-state index is 0.730. The number of hydrogen-bond donors (Lipinski definition) is 0. The largest absolute Gasteiger partial charge is 0.314 e. The van der Waals surface area contributed by atoms with Crippen LogP contribution >= 0.6 is 0 Å². The van der Waals surface area contributed by atoms with E-state index in [-0.39, 0.29) is 0 Å². The molecule has 0 spiro atoms. The SMILES string of the molecule is C=CN(CCCC)OC#N. The van der Waals surface area contributed by atoms with Crippen molar-refractivity contribution in [2.24, 2.45) is 0 Å². The van der Waals surface area contributed by atoms with Crippen LogP contribution in [0.4, 0.5) is 0 Å². The molecule has 3 heteroatoms. The zero-order chi connectivity index (χ0) is 7.82. The van der Waals surface area contributed by atoms with E-state index >= 15 is 0 Å². The number of nitrogens with zero attached hydrogens (tertiary/aromatic N) is 2. The van der Waals surface area contributed by atoms with Crippen molar-refractivity contribution in [3.8, 4) is 6.26 Å². The van der Waals surface area contributed by atoms with Crippen molar-refractivity contribution in [3.63, 3.8) is 0 Å². The van der Waals surface area contributed by atoms with Gasteiger partial charge >= 0.3 is 6.26 Å². The first-order valence-electron chi connectivity index (χ1n) is 3.30. The summed E-state index contributed by atoms with van der Waals surface area (Å²) < 4.78 is 0. The predicted molar refractivity (Wildman–Crippen MR) is 38.5 cm³/mol. The Morgan fingerprint density at radius 3 is 2.90 bits per heavy atom. The van der Waals surface area contributed by atoms with Crippen LogP contribution in [0, 0.1) is 11.5 Å². The average Bonchev–Trinajstić information content (AvgIpc) is 1.98. The molecule has 0 unspecified atom stereocenters. The smallest absolute Gasteiger partial charge is 0.300 e. The van der Waals surface area contributed by atoms with Crippen molar-refractivity contribution in [1.82, 2.24) is 5.06 Å². The highest BCUT2D eigenvalue weighted by Gasteiger charge is 1.94. The Balaban J connectivity index is 3.41. The normalized spacial score (nSPS) is 8.00. The third-order valence-electron chi connectivity index (χ3n) is 1.09. The fourth-order valence-corrected chi connectivity index (χ4v) is 0.541. The summed E-state index contributed by atoms with van der Waals surface area (Å²) in [4.78, 5) is 4.51. The Morgan fingerprint density at radius 1 is 1.80 bits per heavy atom. The minimum Gasteiger partial charge on any atom is -0.300 e. The lowest BCUT2D eigenvalue weighted by molar-refractivity contribution is -0.0438. The molecular formula is C7H12N2O. The van der Waals surface area contributed by atoms with Gasteiger partial charge in [0.05, 0.1) is 6.54 Å². The molecule has 0 bridgehead atoms. The molecule has 0 aliphatic rings. The van der Waals surface area contributed by atoms with E-state index in [9.17, 15) is 0 Å². The summed E-state index contributed by atoms with van der Waals surface area (Å²) >= 11 is 0. The highest BCUT2D eigenvalue weighted by molar-refractivity contribution is 4.64. The second-order valence-electron chi connectivity index (χ2n) is 1.86. The van der Waals surface area contributed by atoms with E-state index in [0.717, 1.165) is 19.4 Å². The molecule has 10 heavy (non-hydrogen) atoms. The Labute approximate surface area is 61.5 Å². The quantitative estimate of drug-likeness (QED) is 0.430. The molecule has 0 heterocycles. The summed E-state index contributed by atoms with van der Waals surface area (Å²) in [7, 11) is 0. The van der Waals surface area contributed by atoms with E-state index in [1.54, 1.807) is 6.26 Å². The lowest BCUT2D eigenvalue weighted by Crippen LogP contribution is -2.15. The van der Waals surface area contributed by atoms with Gasteiger partial charge < -0.3 is 0 Å². The van der Waals surface area contributed by atoms with Gasteiger partial charge in [0.15, 0.2) is 0 Å². The summed E-state index contributed by atoms with van der Waals surface area (Å²) in [5.41, 5.74) is 0. The fourth-order valence-electron chi connectivity index (χ4n) is 0.541. The van der Waals surface area contributed by atoms with E-state index in [0.29, 0.717) is 0 Å². The topological polar surface area (TPSA) is 36.3 Å². The number of rotatable bonds is 5. The van der Waals surface area contributed by atoms with Crippen LogP contribution in [0.1, 0.15) is 19.8 Å². The third-order valence-corrected chi connectivity index (χ3v) is 1.09. The van der Waals surface area contributed by atoms with Gasteiger partial charge in [0.25, 0.3) is 0 Å². The zero-order valence-corrected chi connectivity index (χ0v) is 6.21. The van der Waals surface area contributed by atoms with Crippen LogP contribution in [0.15, 0.2) is 12.8 Å². The first-order valence-corrected chi connectivity index (χ1v) is 3.30. The maximum atomic E-state index is 8.11. The zero-order valence-electron chi connectivity index (χ0n) is 6.21. The molecule has 0 saturated carbocycles. The van der Waals surface area contributed by atoms with Gasteiger partial charge in [-0.05, 0) is 6.42 Å². The lowest BCUT2D eigenvalue weighted by Gasteiger charge is -2.12. The molecule has 0 saturated heterocycles. The Hall–Kier alpha value is -1.17. The van der Waals surface area contributed by atoms with Gasteiger partial charge in [-0.15, -0.1) is 5.26 Å². The maximum absolute atomic E-state index is 8.11. The monoisotopic (exact) mass is 140 g/mol. The number of hydrogen-bond acceptors (Lipinski definition) is 3. The standard InChI is InChI=1S/C7H12N2O/c1-3-5-6-9(4-2)10-7-8/h4H,2-3,5-6H2,1H3. The molecule has 0 rings (SSSR count). The van der Waals surface area contributed by atoms with E-state index in [2.05, 4.69) is 18.3 Å². The van der Waals surface area contributed by atoms with Crippen molar-refractivity contribution >= 4 is 0 Å². The summed E-state index contributed by atoms with van der Waals surface area (Å²) in [5.74, 6) is 0. The first-order chi connectivity index (χ1) is 4.85. The molecular weight excluding hydrogens is 128 g/mol. The van der Waals surface area contributed by atoms with Crippen molar-refractivity contribution in [1.29, 1.82) is 5.26 Å². The van der Waals surface area contributed by atoms with E-state index in [4.69, 9.17) is 5.26 Å². The highest BCUT2D eigenvalue weighted by atomic mass is 16.7. The van der Waals surface area contributed by atoms with Gasteiger partial charge in [-0.2, -0.15) is 0 Å². The van der Waals surface area contributed by atoms with Crippen LogP contribution in [-0.4, -0.2) is 11.6 Å². The molecule has 0 aromatic carbocycles. The molecule has 0 fully saturated rings. The van der Waals surface area contributed by atoms with Gasteiger partial charge in [0, 0.05) is 6.20 Å². The van der Waals surface area contributed by atoms with Gasteiger partial charge in [0.2, 0.25) is 0 Å². The molecule has 0 aromatic rings. The third kappa shape index (κ3) is 3.79. The van der Waals surface area contributed by atoms with Crippen molar-refractivity contribution in [2.45, 2.75) is 19.8 Å². The molecule has 0 aliphatic carbocycles. The Morgan fingerprint density at radius 2 is 2.50 bits per heavy atom. The maximum Gasteiger partial charge on any atom is 0.314 e. The van der Waals surface area contributed by atoms with Gasteiger partial charge in [-0.25, -0.2) is 5.06 Å². The minimum absolute atomic E-state index is 0.730. The lowest BCUT2D eigenvalue weighted by atomic mass is 10.3.